The Morgan fingerprint density at radius 1 is 1.41 bits per heavy atom. The summed E-state index contributed by atoms with van der Waals surface area (Å²) in [5.41, 5.74) is 0.717. The van der Waals surface area contributed by atoms with Gasteiger partial charge in [0, 0.05) is 19.0 Å². The highest BCUT2D eigenvalue weighted by atomic mass is 35.5. The number of hydrogen-bond acceptors (Lipinski definition) is 4. The van der Waals surface area contributed by atoms with E-state index < -0.39 is 10.0 Å². The van der Waals surface area contributed by atoms with Crippen LogP contribution < -0.4 is 15.8 Å². The summed E-state index contributed by atoms with van der Waals surface area (Å²) in [6, 6.07) is 6.74. The lowest BCUT2D eigenvalue weighted by atomic mass is 10.1. The molecule has 1 atom stereocenters. The van der Waals surface area contributed by atoms with E-state index in [0.717, 1.165) is 19.4 Å². The van der Waals surface area contributed by atoms with Gasteiger partial charge in [-0.2, -0.15) is 0 Å². The third-order valence-electron chi connectivity index (χ3n) is 3.60. The summed E-state index contributed by atoms with van der Waals surface area (Å²) in [6.45, 7) is 1.34. The van der Waals surface area contributed by atoms with E-state index in [1.54, 1.807) is 12.1 Å². The lowest BCUT2D eigenvalue weighted by Gasteiger charge is -2.10. The molecule has 1 aliphatic rings. The van der Waals surface area contributed by atoms with Crippen molar-refractivity contribution in [3.63, 3.8) is 0 Å². The molecule has 0 spiro atoms. The largest absolute Gasteiger partial charge is 0.352 e. The van der Waals surface area contributed by atoms with Crippen LogP contribution in [0.5, 0.6) is 0 Å². The van der Waals surface area contributed by atoms with Gasteiger partial charge in [-0.3, -0.25) is 4.79 Å². The second-order valence-corrected chi connectivity index (χ2v) is 6.86. The Bertz CT molecular complexity index is 601. The number of hydrogen-bond donors (Lipinski definition) is 3. The van der Waals surface area contributed by atoms with Gasteiger partial charge < -0.3 is 10.6 Å². The van der Waals surface area contributed by atoms with Crippen molar-refractivity contribution in [1.82, 2.24) is 10.6 Å². The molecule has 0 radical (unpaired) electrons. The molecule has 124 valence electrons. The third-order valence-corrected chi connectivity index (χ3v) is 4.51. The van der Waals surface area contributed by atoms with E-state index in [4.69, 9.17) is 5.14 Å². The highest BCUT2D eigenvalue weighted by Gasteiger charge is 2.15. The van der Waals surface area contributed by atoms with Crippen molar-refractivity contribution < 1.29 is 13.2 Å². The smallest absolute Gasteiger partial charge is 0.238 e. The number of nitrogens with one attached hydrogen (secondary N) is 2. The Morgan fingerprint density at radius 3 is 2.82 bits per heavy atom. The molecule has 1 amide bonds. The van der Waals surface area contributed by atoms with Crippen LogP contribution in [0.1, 0.15) is 31.2 Å². The van der Waals surface area contributed by atoms with Gasteiger partial charge in [0.15, 0.2) is 0 Å². The van der Waals surface area contributed by atoms with Gasteiger partial charge in [0.25, 0.3) is 0 Å². The monoisotopic (exact) mass is 347 g/mol. The second kappa shape index (κ2) is 8.47. The van der Waals surface area contributed by atoms with Crippen LogP contribution in [-0.4, -0.2) is 26.9 Å². The summed E-state index contributed by atoms with van der Waals surface area (Å²) in [4.78, 5) is 11.8. The first-order valence-corrected chi connectivity index (χ1v) is 8.61. The molecule has 1 saturated heterocycles. The van der Waals surface area contributed by atoms with Gasteiger partial charge in [-0.25, -0.2) is 13.6 Å². The summed E-state index contributed by atoms with van der Waals surface area (Å²) in [5.74, 6) is -0.0234. The quantitative estimate of drug-likeness (QED) is 0.711. The first-order chi connectivity index (χ1) is 9.95. The first kappa shape index (κ1) is 18.9. The highest BCUT2D eigenvalue weighted by molar-refractivity contribution is 7.89. The van der Waals surface area contributed by atoms with Crippen LogP contribution in [0.3, 0.4) is 0 Å². The fraction of sp³-hybridized carbons (Fsp3) is 0.500. The lowest BCUT2D eigenvalue weighted by molar-refractivity contribution is -0.121. The SMILES string of the molecule is Cl.NS(=O)(=O)c1cccc(CNC(=O)CCC2CCCN2)c1. The summed E-state index contributed by atoms with van der Waals surface area (Å²) in [5, 5.41) is 11.2. The van der Waals surface area contributed by atoms with Gasteiger partial charge in [0.05, 0.1) is 4.90 Å². The molecule has 0 saturated carbocycles. The topological polar surface area (TPSA) is 101 Å². The predicted molar refractivity (Wildman–Crippen MR) is 87.2 cm³/mol. The van der Waals surface area contributed by atoms with E-state index in [9.17, 15) is 13.2 Å². The number of amides is 1. The summed E-state index contributed by atoms with van der Waals surface area (Å²) in [6.07, 6.45) is 3.62. The second-order valence-electron chi connectivity index (χ2n) is 5.30. The van der Waals surface area contributed by atoms with Crippen LogP contribution in [0.2, 0.25) is 0 Å². The van der Waals surface area contributed by atoms with Crippen molar-refractivity contribution >= 4 is 28.3 Å². The van der Waals surface area contributed by atoms with E-state index in [-0.39, 0.29) is 23.2 Å². The minimum atomic E-state index is -3.71. The molecule has 1 unspecified atom stereocenters. The van der Waals surface area contributed by atoms with Crippen LogP contribution in [-0.2, 0) is 21.4 Å². The molecule has 22 heavy (non-hydrogen) atoms. The fourth-order valence-corrected chi connectivity index (χ4v) is 3.01. The number of primary sulfonamides is 1. The Balaban J connectivity index is 0.00000242. The van der Waals surface area contributed by atoms with Gasteiger partial charge in [0.1, 0.15) is 0 Å². The molecule has 0 bridgehead atoms. The maximum Gasteiger partial charge on any atom is 0.238 e. The predicted octanol–water partition coefficient (Wildman–Crippen LogP) is 0.904. The summed E-state index contributed by atoms with van der Waals surface area (Å²) in [7, 11) is -3.71. The summed E-state index contributed by atoms with van der Waals surface area (Å²) >= 11 is 0. The van der Waals surface area contributed by atoms with Crippen LogP contribution in [0.15, 0.2) is 29.2 Å². The average Bonchev–Trinajstić information content (AvgIpc) is 2.95. The van der Waals surface area contributed by atoms with E-state index in [2.05, 4.69) is 10.6 Å². The molecule has 0 aliphatic carbocycles. The molecule has 0 aromatic heterocycles. The number of carbonyl (C=O) groups is 1. The zero-order valence-corrected chi connectivity index (χ0v) is 13.9. The number of rotatable bonds is 6. The number of halogens is 1. The minimum Gasteiger partial charge on any atom is -0.352 e. The van der Waals surface area contributed by atoms with Gasteiger partial charge in [0.2, 0.25) is 15.9 Å². The van der Waals surface area contributed by atoms with Gasteiger partial charge in [-0.1, -0.05) is 12.1 Å². The fourth-order valence-electron chi connectivity index (χ4n) is 2.43. The Hall–Kier alpha value is -1.15. The van der Waals surface area contributed by atoms with Crippen LogP contribution in [0, 0.1) is 0 Å². The van der Waals surface area contributed by atoms with Crippen LogP contribution in [0.25, 0.3) is 0 Å². The van der Waals surface area contributed by atoms with E-state index in [0.29, 0.717) is 24.6 Å². The van der Waals surface area contributed by atoms with Crippen molar-refractivity contribution in [2.45, 2.75) is 43.2 Å². The normalized spacial score (nSPS) is 17.8. The molecule has 4 N–H and O–H groups in total. The van der Waals surface area contributed by atoms with Gasteiger partial charge in [-0.05, 0) is 43.5 Å². The molecule has 1 fully saturated rings. The number of sulfonamides is 1. The zero-order valence-electron chi connectivity index (χ0n) is 12.2. The van der Waals surface area contributed by atoms with Crippen molar-refractivity contribution in [3.8, 4) is 0 Å². The molecular weight excluding hydrogens is 326 g/mol. The third kappa shape index (κ3) is 5.92. The highest BCUT2D eigenvalue weighted by Crippen LogP contribution is 2.11. The number of carbonyl (C=O) groups excluding carboxylic acids is 1. The molecule has 6 nitrogen and oxygen atoms in total. The van der Waals surface area contributed by atoms with E-state index >= 15 is 0 Å². The molecule has 2 rings (SSSR count). The molecule has 1 aromatic rings. The summed E-state index contributed by atoms with van der Waals surface area (Å²) < 4.78 is 22.5. The van der Waals surface area contributed by atoms with Crippen molar-refractivity contribution in [2.75, 3.05) is 6.54 Å². The molecule has 8 heteroatoms. The van der Waals surface area contributed by atoms with Gasteiger partial charge in [-0.15, -0.1) is 12.4 Å². The number of nitrogens with two attached hydrogens (primary N) is 1. The van der Waals surface area contributed by atoms with Gasteiger partial charge >= 0.3 is 0 Å². The Morgan fingerprint density at radius 2 is 2.18 bits per heavy atom. The number of benzene rings is 1. The van der Waals surface area contributed by atoms with Crippen LogP contribution in [0.4, 0.5) is 0 Å². The Labute approximate surface area is 137 Å². The maximum atomic E-state index is 11.8. The standard InChI is InChI=1S/C14H21N3O3S.ClH/c15-21(19,20)13-5-1-3-11(9-13)10-17-14(18)7-6-12-4-2-8-16-12;/h1,3,5,9,12,16H,2,4,6-8,10H2,(H,17,18)(H2,15,19,20);1H. The zero-order chi connectivity index (χ0) is 15.3. The lowest BCUT2D eigenvalue weighted by Crippen LogP contribution is -2.27. The van der Waals surface area contributed by atoms with Crippen molar-refractivity contribution in [2.24, 2.45) is 5.14 Å². The van der Waals surface area contributed by atoms with Crippen molar-refractivity contribution in [3.05, 3.63) is 29.8 Å². The Kier molecular flexibility index (Phi) is 7.28. The maximum absolute atomic E-state index is 11.8. The molecule has 1 heterocycles. The molecule has 1 aromatic carbocycles. The molecule has 1 aliphatic heterocycles. The minimum absolute atomic E-state index is 0. The van der Waals surface area contributed by atoms with E-state index in [1.165, 1.54) is 18.6 Å². The van der Waals surface area contributed by atoms with Crippen LogP contribution >= 0.6 is 12.4 Å². The average molecular weight is 348 g/mol. The molecular formula is C14H22ClN3O3S. The van der Waals surface area contributed by atoms with E-state index in [1.807, 2.05) is 0 Å². The first-order valence-electron chi connectivity index (χ1n) is 7.07. The van der Waals surface area contributed by atoms with Crippen molar-refractivity contribution in [1.29, 1.82) is 0 Å².